The van der Waals surface area contributed by atoms with Gasteiger partial charge in [-0.2, -0.15) is 0 Å². The maximum Gasteiger partial charge on any atom is 0.125 e. The van der Waals surface area contributed by atoms with E-state index >= 15 is 0 Å². The minimum Gasteiger partial charge on any atom is -0.389 e. The van der Waals surface area contributed by atoms with Crippen LogP contribution in [0.5, 0.6) is 0 Å². The molecule has 0 saturated carbocycles. The number of nitrogens with two attached hydrogens (primary N) is 1. The Hall–Kier alpha value is -1.46. The largest absolute Gasteiger partial charge is 0.389 e. The second-order valence-electron chi connectivity index (χ2n) is 4.14. The molecule has 0 aliphatic carbocycles. The van der Waals surface area contributed by atoms with Crippen molar-refractivity contribution in [1.82, 2.24) is 0 Å². The number of nitrogens with one attached hydrogen (secondary N) is 1. The van der Waals surface area contributed by atoms with Crippen LogP contribution in [0.4, 0.5) is 15.8 Å². The average Bonchev–Trinajstić information content (AvgIpc) is 2.35. The highest BCUT2D eigenvalue weighted by molar-refractivity contribution is 9.10. The summed E-state index contributed by atoms with van der Waals surface area (Å²) in [5, 5.41) is 3.16. The summed E-state index contributed by atoms with van der Waals surface area (Å²) in [5.74, 6) is -0.290. The first-order valence-electron chi connectivity index (χ1n) is 5.60. The van der Waals surface area contributed by atoms with Crippen molar-refractivity contribution in [1.29, 1.82) is 0 Å². The third kappa shape index (κ3) is 3.30. The Balaban J connectivity index is 2.43. The summed E-state index contributed by atoms with van der Waals surface area (Å²) in [7, 11) is 0. The van der Waals surface area contributed by atoms with E-state index in [1.54, 1.807) is 6.07 Å². The minimum absolute atomic E-state index is 0.290. The highest BCUT2D eigenvalue weighted by Crippen LogP contribution is 2.26. The average molecular weight is 339 g/mol. The fourth-order valence-electron chi connectivity index (χ4n) is 1.70. The highest BCUT2D eigenvalue weighted by Gasteiger charge is 2.08. The molecule has 19 heavy (non-hydrogen) atoms. The Morgan fingerprint density at radius 2 is 1.95 bits per heavy atom. The van der Waals surface area contributed by atoms with E-state index in [4.69, 9.17) is 18.0 Å². The van der Waals surface area contributed by atoms with Crippen LogP contribution in [-0.4, -0.2) is 4.99 Å². The molecule has 2 aromatic rings. The van der Waals surface area contributed by atoms with Gasteiger partial charge in [-0.1, -0.05) is 34.2 Å². The zero-order chi connectivity index (χ0) is 14.0. The van der Waals surface area contributed by atoms with Gasteiger partial charge in [-0.25, -0.2) is 4.39 Å². The lowest BCUT2D eigenvalue weighted by Gasteiger charge is -2.13. The van der Waals surface area contributed by atoms with Gasteiger partial charge in [0.1, 0.15) is 10.8 Å². The molecular formula is C14H12BrFN2S. The number of halogens is 2. The first-order chi connectivity index (χ1) is 8.97. The normalized spacial score (nSPS) is 10.3. The van der Waals surface area contributed by atoms with E-state index < -0.39 is 0 Å². The summed E-state index contributed by atoms with van der Waals surface area (Å²) < 4.78 is 14.2. The molecule has 0 unspecified atom stereocenters. The lowest BCUT2D eigenvalue weighted by molar-refractivity contribution is 0.628. The molecule has 0 aromatic heterocycles. The van der Waals surface area contributed by atoms with E-state index in [0.717, 1.165) is 15.7 Å². The maximum absolute atomic E-state index is 13.3. The standard InChI is InChI=1S/C14H12BrFN2S/c1-8-2-4-10(16)7-13(8)18-12-5-3-9(15)6-11(12)14(17)19/h2-7,18H,1H3,(H2,17,19). The molecule has 2 rings (SSSR count). The molecule has 0 aliphatic heterocycles. The van der Waals surface area contributed by atoms with Crippen LogP contribution in [0.3, 0.4) is 0 Å². The SMILES string of the molecule is Cc1ccc(F)cc1Nc1ccc(Br)cc1C(N)=S. The first-order valence-corrected chi connectivity index (χ1v) is 6.80. The Labute approximate surface area is 124 Å². The van der Waals surface area contributed by atoms with Crippen molar-refractivity contribution in [2.45, 2.75) is 6.92 Å². The van der Waals surface area contributed by atoms with E-state index in [2.05, 4.69) is 21.2 Å². The van der Waals surface area contributed by atoms with E-state index in [1.165, 1.54) is 12.1 Å². The molecule has 2 aromatic carbocycles. The second kappa shape index (κ2) is 5.67. The maximum atomic E-state index is 13.3. The molecule has 0 amide bonds. The van der Waals surface area contributed by atoms with Gasteiger partial charge in [0.2, 0.25) is 0 Å². The molecule has 0 saturated heterocycles. The summed E-state index contributed by atoms with van der Waals surface area (Å²) in [6, 6.07) is 10.1. The number of thiocarbonyl (C=S) groups is 1. The quantitative estimate of drug-likeness (QED) is 0.820. The molecule has 2 nitrogen and oxygen atoms in total. The van der Waals surface area contributed by atoms with Crippen molar-refractivity contribution in [3.63, 3.8) is 0 Å². The predicted molar refractivity (Wildman–Crippen MR) is 84.4 cm³/mol. The molecule has 3 N–H and O–H groups in total. The van der Waals surface area contributed by atoms with Crippen molar-refractivity contribution in [3.05, 3.63) is 57.8 Å². The van der Waals surface area contributed by atoms with Crippen LogP contribution >= 0.6 is 28.1 Å². The molecule has 0 atom stereocenters. The molecule has 0 aliphatic rings. The minimum atomic E-state index is -0.290. The Kier molecular flexibility index (Phi) is 4.17. The van der Waals surface area contributed by atoms with Gasteiger partial charge in [-0.05, 0) is 42.8 Å². The van der Waals surface area contributed by atoms with Crippen LogP contribution < -0.4 is 11.1 Å². The van der Waals surface area contributed by atoms with Crippen molar-refractivity contribution in [2.24, 2.45) is 5.73 Å². The van der Waals surface area contributed by atoms with Gasteiger partial charge in [-0.15, -0.1) is 0 Å². The summed E-state index contributed by atoms with van der Waals surface area (Å²) in [6.45, 7) is 1.90. The van der Waals surface area contributed by atoms with Crippen molar-refractivity contribution < 1.29 is 4.39 Å². The van der Waals surface area contributed by atoms with Crippen LogP contribution in [0, 0.1) is 12.7 Å². The lowest BCUT2D eigenvalue weighted by atomic mass is 10.1. The lowest BCUT2D eigenvalue weighted by Crippen LogP contribution is -2.12. The molecule has 0 spiro atoms. The van der Waals surface area contributed by atoms with Crippen molar-refractivity contribution >= 4 is 44.5 Å². The van der Waals surface area contributed by atoms with E-state index in [0.29, 0.717) is 11.3 Å². The topological polar surface area (TPSA) is 38.0 Å². The molecule has 98 valence electrons. The van der Waals surface area contributed by atoms with E-state index in [1.807, 2.05) is 25.1 Å². The number of anilines is 2. The van der Waals surface area contributed by atoms with Gasteiger partial charge in [0.05, 0.1) is 0 Å². The summed E-state index contributed by atoms with van der Waals surface area (Å²) in [4.78, 5) is 0.290. The van der Waals surface area contributed by atoms with Gasteiger partial charge in [-0.3, -0.25) is 0 Å². The number of hydrogen-bond donors (Lipinski definition) is 2. The molecule has 0 fully saturated rings. The first kappa shape index (κ1) is 14.0. The smallest absolute Gasteiger partial charge is 0.125 e. The van der Waals surface area contributed by atoms with Crippen molar-refractivity contribution in [3.8, 4) is 0 Å². The van der Waals surface area contributed by atoms with Gasteiger partial charge in [0, 0.05) is 21.4 Å². The number of hydrogen-bond acceptors (Lipinski definition) is 2. The number of aryl methyl sites for hydroxylation is 1. The Bertz CT molecular complexity index is 643. The van der Waals surface area contributed by atoms with Crippen LogP contribution in [-0.2, 0) is 0 Å². The van der Waals surface area contributed by atoms with E-state index in [9.17, 15) is 4.39 Å². The monoisotopic (exact) mass is 338 g/mol. The second-order valence-corrected chi connectivity index (χ2v) is 5.49. The third-order valence-corrected chi connectivity index (χ3v) is 3.43. The fraction of sp³-hybridized carbons (Fsp3) is 0.0714. The van der Waals surface area contributed by atoms with Crippen LogP contribution in [0.15, 0.2) is 40.9 Å². The highest BCUT2D eigenvalue weighted by atomic mass is 79.9. The van der Waals surface area contributed by atoms with Crippen LogP contribution in [0.1, 0.15) is 11.1 Å². The summed E-state index contributed by atoms with van der Waals surface area (Å²) in [6.07, 6.45) is 0. The molecule has 0 bridgehead atoms. The van der Waals surface area contributed by atoms with Gasteiger partial charge >= 0.3 is 0 Å². The zero-order valence-corrected chi connectivity index (χ0v) is 12.6. The fourth-order valence-corrected chi connectivity index (χ4v) is 2.23. The van der Waals surface area contributed by atoms with Gasteiger partial charge in [0.15, 0.2) is 0 Å². The van der Waals surface area contributed by atoms with E-state index in [-0.39, 0.29) is 10.8 Å². The van der Waals surface area contributed by atoms with Crippen LogP contribution in [0.25, 0.3) is 0 Å². The van der Waals surface area contributed by atoms with Gasteiger partial charge in [0.25, 0.3) is 0 Å². The molecule has 0 radical (unpaired) electrons. The Morgan fingerprint density at radius 3 is 2.63 bits per heavy atom. The third-order valence-electron chi connectivity index (χ3n) is 2.72. The molecule has 5 heteroatoms. The predicted octanol–water partition coefficient (Wildman–Crippen LogP) is 4.27. The number of rotatable bonds is 3. The summed E-state index contributed by atoms with van der Waals surface area (Å²) >= 11 is 8.40. The van der Waals surface area contributed by atoms with Crippen LogP contribution in [0.2, 0.25) is 0 Å². The zero-order valence-electron chi connectivity index (χ0n) is 10.2. The number of benzene rings is 2. The van der Waals surface area contributed by atoms with Gasteiger partial charge < -0.3 is 11.1 Å². The molecular weight excluding hydrogens is 327 g/mol. The van der Waals surface area contributed by atoms with Crippen molar-refractivity contribution in [2.75, 3.05) is 5.32 Å². The Morgan fingerprint density at radius 1 is 1.21 bits per heavy atom. The summed E-state index contributed by atoms with van der Waals surface area (Å²) in [5.41, 5.74) is 8.81. The molecule has 0 heterocycles.